The van der Waals surface area contributed by atoms with E-state index in [0.29, 0.717) is 6.04 Å². The number of thiophene rings is 1. The van der Waals surface area contributed by atoms with Crippen LogP contribution in [0.4, 0.5) is 5.00 Å². The van der Waals surface area contributed by atoms with E-state index in [0.717, 1.165) is 6.42 Å². The maximum absolute atomic E-state index is 3.42. The van der Waals surface area contributed by atoms with Crippen LogP contribution in [-0.4, -0.2) is 6.04 Å². The second-order valence-electron chi connectivity index (χ2n) is 2.56. The highest BCUT2D eigenvalue weighted by Gasteiger charge is 2.00. The number of halogens is 1. The van der Waals surface area contributed by atoms with E-state index in [2.05, 4.69) is 47.2 Å². The molecule has 0 amide bonds. The zero-order valence-electron chi connectivity index (χ0n) is 6.73. The predicted molar refractivity (Wildman–Crippen MR) is 55.4 cm³/mol. The lowest BCUT2D eigenvalue weighted by Crippen LogP contribution is -2.11. The SMILES string of the molecule is CC[C@@H](C)Nc1ccc(Br)s1. The zero-order chi connectivity index (χ0) is 8.27. The van der Waals surface area contributed by atoms with E-state index < -0.39 is 0 Å². The van der Waals surface area contributed by atoms with Crippen LogP contribution in [0.5, 0.6) is 0 Å². The van der Waals surface area contributed by atoms with E-state index in [4.69, 9.17) is 0 Å². The first-order chi connectivity index (χ1) is 5.22. The summed E-state index contributed by atoms with van der Waals surface area (Å²) in [6, 6.07) is 4.73. The molecule has 0 spiro atoms. The Morgan fingerprint density at radius 2 is 2.36 bits per heavy atom. The minimum Gasteiger partial charge on any atom is -0.374 e. The molecule has 0 unspecified atom stereocenters. The van der Waals surface area contributed by atoms with Crippen molar-refractivity contribution in [1.82, 2.24) is 0 Å². The third-order valence-corrected chi connectivity index (χ3v) is 3.13. The standard InChI is InChI=1S/C8H12BrNS/c1-3-6(2)10-8-5-4-7(9)11-8/h4-6,10H,3H2,1-2H3/t6-/m1/s1. The molecule has 0 fully saturated rings. The molecule has 0 aromatic carbocycles. The summed E-state index contributed by atoms with van der Waals surface area (Å²) in [6.07, 6.45) is 1.16. The third-order valence-electron chi connectivity index (χ3n) is 1.57. The van der Waals surface area contributed by atoms with Gasteiger partial charge >= 0.3 is 0 Å². The van der Waals surface area contributed by atoms with Crippen LogP contribution in [0.1, 0.15) is 20.3 Å². The minimum absolute atomic E-state index is 0.570. The van der Waals surface area contributed by atoms with Crippen LogP contribution in [-0.2, 0) is 0 Å². The van der Waals surface area contributed by atoms with Crippen LogP contribution >= 0.6 is 27.3 Å². The van der Waals surface area contributed by atoms with E-state index in [1.807, 2.05) is 0 Å². The Morgan fingerprint density at radius 3 is 2.82 bits per heavy atom. The Morgan fingerprint density at radius 1 is 1.64 bits per heavy atom. The molecular formula is C8H12BrNS. The van der Waals surface area contributed by atoms with Crippen molar-refractivity contribution in [2.75, 3.05) is 5.32 Å². The van der Waals surface area contributed by atoms with E-state index in [9.17, 15) is 0 Å². The molecule has 1 aromatic heterocycles. The van der Waals surface area contributed by atoms with Crippen molar-refractivity contribution in [2.45, 2.75) is 26.3 Å². The lowest BCUT2D eigenvalue weighted by atomic mass is 10.3. The van der Waals surface area contributed by atoms with Crippen LogP contribution < -0.4 is 5.32 Å². The van der Waals surface area contributed by atoms with Gasteiger partial charge < -0.3 is 5.32 Å². The Labute approximate surface area is 79.9 Å². The zero-order valence-corrected chi connectivity index (χ0v) is 9.13. The van der Waals surface area contributed by atoms with Gasteiger partial charge in [0.1, 0.15) is 0 Å². The van der Waals surface area contributed by atoms with Crippen molar-refractivity contribution < 1.29 is 0 Å². The van der Waals surface area contributed by atoms with E-state index in [1.165, 1.54) is 8.79 Å². The lowest BCUT2D eigenvalue weighted by Gasteiger charge is -2.09. The van der Waals surface area contributed by atoms with Gasteiger partial charge in [-0.2, -0.15) is 0 Å². The molecule has 11 heavy (non-hydrogen) atoms. The molecule has 1 rings (SSSR count). The predicted octanol–water partition coefficient (Wildman–Crippen LogP) is 3.72. The highest BCUT2D eigenvalue weighted by molar-refractivity contribution is 9.11. The van der Waals surface area contributed by atoms with Gasteiger partial charge in [-0.1, -0.05) is 6.92 Å². The minimum atomic E-state index is 0.570. The molecular weight excluding hydrogens is 222 g/mol. The molecule has 0 aliphatic heterocycles. The summed E-state index contributed by atoms with van der Waals surface area (Å²) in [5.74, 6) is 0. The number of anilines is 1. The average molecular weight is 234 g/mol. The summed E-state index contributed by atoms with van der Waals surface area (Å²) >= 11 is 5.16. The first kappa shape index (κ1) is 9.07. The normalized spacial score (nSPS) is 13.0. The number of hydrogen-bond donors (Lipinski definition) is 1. The summed E-state index contributed by atoms with van der Waals surface area (Å²) < 4.78 is 1.18. The molecule has 0 radical (unpaired) electrons. The fourth-order valence-electron chi connectivity index (χ4n) is 0.737. The molecule has 0 saturated carbocycles. The molecule has 1 nitrogen and oxygen atoms in total. The van der Waals surface area contributed by atoms with Crippen molar-refractivity contribution >= 4 is 32.3 Å². The summed E-state index contributed by atoms with van der Waals surface area (Å²) in [5, 5.41) is 4.64. The quantitative estimate of drug-likeness (QED) is 0.840. The number of nitrogens with one attached hydrogen (secondary N) is 1. The molecule has 1 atom stereocenters. The van der Waals surface area contributed by atoms with Gasteiger partial charge in [0.15, 0.2) is 0 Å². The molecule has 1 heterocycles. The fourth-order valence-corrected chi connectivity index (χ4v) is 2.13. The fraction of sp³-hybridized carbons (Fsp3) is 0.500. The first-order valence-corrected chi connectivity index (χ1v) is 5.35. The summed E-state index contributed by atoms with van der Waals surface area (Å²) in [6.45, 7) is 4.37. The van der Waals surface area contributed by atoms with Crippen molar-refractivity contribution in [3.63, 3.8) is 0 Å². The molecule has 62 valence electrons. The van der Waals surface area contributed by atoms with Gasteiger partial charge in [-0.15, -0.1) is 11.3 Å². The maximum atomic E-state index is 3.42. The van der Waals surface area contributed by atoms with Crippen LogP contribution in [0.25, 0.3) is 0 Å². The summed E-state index contributed by atoms with van der Waals surface area (Å²) in [7, 11) is 0. The van der Waals surface area contributed by atoms with E-state index in [1.54, 1.807) is 11.3 Å². The van der Waals surface area contributed by atoms with Crippen LogP contribution in [0.2, 0.25) is 0 Å². The first-order valence-electron chi connectivity index (χ1n) is 3.74. The topological polar surface area (TPSA) is 12.0 Å². The van der Waals surface area contributed by atoms with Crippen LogP contribution in [0.3, 0.4) is 0 Å². The van der Waals surface area contributed by atoms with Gasteiger partial charge in [-0.3, -0.25) is 0 Å². The number of rotatable bonds is 3. The van der Waals surface area contributed by atoms with Gasteiger partial charge in [-0.05, 0) is 41.4 Å². The summed E-state index contributed by atoms with van der Waals surface area (Å²) in [4.78, 5) is 0. The van der Waals surface area contributed by atoms with Crippen LogP contribution in [0, 0.1) is 0 Å². The molecule has 3 heteroatoms. The third kappa shape index (κ3) is 2.83. The van der Waals surface area contributed by atoms with Gasteiger partial charge in [0, 0.05) is 6.04 Å². The second kappa shape index (κ2) is 4.12. The van der Waals surface area contributed by atoms with Gasteiger partial charge in [0.2, 0.25) is 0 Å². The molecule has 1 N–H and O–H groups in total. The molecule has 0 saturated heterocycles. The molecule has 1 aromatic rings. The Hall–Kier alpha value is -0.0200. The van der Waals surface area contributed by atoms with Gasteiger partial charge in [0.05, 0.1) is 8.79 Å². The largest absolute Gasteiger partial charge is 0.374 e. The molecule has 0 aliphatic carbocycles. The Balaban J connectivity index is 2.50. The van der Waals surface area contributed by atoms with Crippen molar-refractivity contribution in [3.05, 3.63) is 15.9 Å². The average Bonchev–Trinajstić information content (AvgIpc) is 2.35. The smallest absolute Gasteiger partial charge is 0.0896 e. The van der Waals surface area contributed by atoms with Crippen molar-refractivity contribution in [1.29, 1.82) is 0 Å². The van der Waals surface area contributed by atoms with Crippen molar-refractivity contribution in [3.8, 4) is 0 Å². The van der Waals surface area contributed by atoms with E-state index in [-0.39, 0.29) is 0 Å². The molecule has 0 bridgehead atoms. The Kier molecular flexibility index (Phi) is 3.40. The highest BCUT2D eigenvalue weighted by atomic mass is 79.9. The lowest BCUT2D eigenvalue weighted by molar-refractivity contribution is 0.767. The number of hydrogen-bond acceptors (Lipinski definition) is 2. The highest BCUT2D eigenvalue weighted by Crippen LogP contribution is 2.27. The van der Waals surface area contributed by atoms with Gasteiger partial charge in [0.25, 0.3) is 0 Å². The van der Waals surface area contributed by atoms with Gasteiger partial charge in [-0.25, -0.2) is 0 Å². The Bertz CT molecular complexity index is 222. The summed E-state index contributed by atoms with van der Waals surface area (Å²) in [5.41, 5.74) is 0. The second-order valence-corrected chi connectivity index (χ2v) is 5.02. The van der Waals surface area contributed by atoms with Crippen molar-refractivity contribution in [2.24, 2.45) is 0 Å². The van der Waals surface area contributed by atoms with E-state index >= 15 is 0 Å². The molecule has 0 aliphatic rings. The monoisotopic (exact) mass is 233 g/mol. The maximum Gasteiger partial charge on any atom is 0.0896 e. The van der Waals surface area contributed by atoms with Crippen LogP contribution in [0.15, 0.2) is 15.9 Å².